The minimum absolute atomic E-state index is 0.196. The molecule has 1 aliphatic carbocycles. The van der Waals surface area contributed by atoms with E-state index in [1.807, 2.05) is 13.0 Å². The summed E-state index contributed by atoms with van der Waals surface area (Å²) in [7, 11) is 0. The van der Waals surface area contributed by atoms with Crippen molar-refractivity contribution < 1.29 is 18.8 Å². The zero-order chi connectivity index (χ0) is 18.3. The topological polar surface area (TPSA) is 82.3 Å². The van der Waals surface area contributed by atoms with Crippen molar-refractivity contribution in [2.24, 2.45) is 0 Å². The van der Waals surface area contributed by atoms with Gasteiger partial charge in [0.2, 0.25) is 5.78 Å². The maximum Gasteiger partial charge on any atom is 0.339 e. The van der Waals surface area contributed by atoms with Gasteiger partial charge < -0.3 is 9.26 Å². The van der Waals surface area contributed by atoms with Gasteiger partial charge in [0.15, 0.2) is 6.61 Å². The van der Waals surface area contributed by atoms with E-state index in [2.05, 4.69) is 10.1 Å². The summed E-state index contributed by atoms with van der Waals surface area (Å²) in [5.74, 6) is -0.388. The van der Waals surface area contributed by atoms with Gasteiger partial charge in [-0.3, -0.25) is 4.79 Å². The van der Waals surface area contributed by atoms with Gasteiger partial charge in [0.25, 0.3) is 5.71 Å². The van der Waals surface area contributed by atoms with Crippen LogP contribution in [0.5, 0.6) is 0 Å². The number of fused-ring (bicyclic) bond motifs is 1. The van der Waals surface area contributed by atoms with E-state index in [1.54, 1.807) is 19.1 Å². The molecule has 0 spiro atoms. The normalized spacial score (nSPS) is 13.9. The minimum Gasteiger partial charge on any atom is -0.454 e. The lowest BCUT2D eigenvalue weighted by Crippen LogP contribution is -2.14. The third-order valence-electron chi connectivity index (χ3n) is 4.47. The Morgan fingerprint density at radius 3 is 2.85 bits per heavy atom. The van der Waals surface area contributed by atoms with E-state index in [0.717, 1.165) is 29.8 Å². The molecule has 3 heterocycles. The van der Waals surface area contributed by atoms with Gasteiger partial charge in [-0.2, -0.15) is 0 Å². The van der Waals surface area contributed by atoms with E-state index < -0.39 is 5.97 Å². The quantitative estimate of drug-likeness (QED) is 0.480. The van der Waals surface area contributed by atoms with Crippen molar-refractivity contribution in [1.82, 2.24) is 10.1 Å². The Kier molecular flexibility index (Phi) is 4.32. The summed E-state index contributed by atoms with van der Waals surface area (Å²) < 4.78 is 10.5. The standard InChI is InChI=1S/C19H18N2O4S/c1-3-12-6-7-16(26-12)15(22)9-24-19(23)13-8-14(11-4-5-11)20-18-17(13)10(2)21-25-18/h6-8,11H,3-5,9H2,1-2H3. The molecule has 0 atom stereocenters. The van der Waals surface area contributed by atoms with Crippen molar-refractivity contribution in [3.63, 3.8) is 0 Å². The Hall–Kier alpha value is -2.54. The van der Waals surface area contributed by atoms with E-state index in [9.17, 15) is 9.59 Å². The first kappa shape index (κ1) is 16.9. The van der Waals surface area contributed by atoms with Gasteiger partial charge in [-0.15, -0.1) is 11.3 Å². The van der Waals surface area contributed by atoms with Crippen LogP contribution in [-0.4, -0.2) is 28.5 Å². The van der Waals surface area contributed by atoms with Crippen LogP contribution in [0.3, 0.4) is 0 Å². The monoisotopic (exact) mass is 370 g/mol. The van der Waals surface area contributed by atoms with Gasteiger partial charge in [0.1, 0.15) is 0 Å². The maximum absolute atomic E-state index is 12.6. The number of ether oxygens (including phenoxy) is 1. The Labute approximate surface area is 154 Å². The highest BCUT2D eigenvalue weighted by Gasteiger charge is 2.29. The molecule has 3 aromatic heterocycles. The summed E-state index contributed by atoms with van der Waals surface area (Å²) in [5, 5.41) is 4.46. The number of aryl methyl sites for hydroxylation is 2. The molecule has 26 heavy (non-hydrogen) atoms. The van der Waals surface area contributed by atoms with Crippen molar-refractivity contribution in [2.75, 3.05) is 6.61 Å². The number of ketones is 1. The zero-order valence-electron chi connectivity index (χ0n) is 14.6. The average molecular weight is 370 g/mol. The molecule has 134 valence electrons. The molecule has 3 aromatic rings. The van der Waals surface area contributed by atoms with Gasteiger partial charge in [0.05, 0.1) is 21.5 Å². The van der Waals surface area contributed by atoms with Crippen LogP contribution in [0.2, 0.25) is 0 Å². The van der Waals surface area contributed by atoms with Crippen molar-refractivity contribution in [1.29, 1.82) is 0 Å². The maximum atomic E-state index is 12.6. The van der Waals surface area contributed by atoms with Gasteiger partial charge >= 0.3 is 5.97 Å². The third-order valence-corrected chi connectivity index (χ3v) is 5.74. The number of Topliss-reactive ketones (excluding diaryl/α,β-unsaturated/α-hetero) is 1. The smallest absolute Gasteiger partial charge is 0.339 e. The molecule has 0 aromatic carbocycles. The number of nitrogens with zero attached hydrogens (tertiary/aromatic N) is 2. The fraction of sp³-hybridized carbons (Fsp3) is 0.368. The van der Waals surface area contributed by atoms with Crippen molar-refractivity contribution >= 4 is 34.2 Å². The molecule has 0 aliphatic heterocycles. The molecule has 1 saturated carbocycles. The molecule has 0 bridgehead atoms. The molecule has 1 aliphatic rings. The molecule has 0 amide bonds. The van der Waals surface area contributed by atoms with Gasteiger partial charge in [-0.1, -0.05) is 12.1 Å². The summed E-state index contributed by atoms with van der Waals surface area (Å²) in [5.41, 5.74) is 2.11. The Balaban J connectivity index is 1.55. The van der Waals surface area contributed by atoms with Crippen molar-refractivity contribution in [3.8, 4) is 0 Å². The Morgan fingerprint density at radius 1 is 1.35 bits per heavy atom. The van der Waals surface area contributed by atoms with E-state index in [-0.39, 0.29) is 12.4 Å². The van der Waals surface area contributed by atoms with E-state index in [0.29, 0.717) is 33.2 Å². The van der Waals surface area contributed by atoms with Gasteiger partial charge in [-0.25, -0.2) is 9.78 Å². The van der Waals surface area contributed by atoms with Crippen LogP contribution < -0.4 is 0 Å². The summed E-state index contributed by atoms with van der Waals surface area (Å²) in [6.07, 6.45) is 2.98. The highest BCUT2D eigenvalue weighted by atomic mass is 32.1. The summed E-state index contributed by atoms with van der Waals surface area (Å²) >= 11 is 1.43. The number of carbonyl (C=O) groups excluding carboxylic acids is 2. The number of carbonyl (C=O) groups is 2. The van der Waals surface area contributed by atoms with Crippen molar-refractivity contribution in [2.45, 2.75) is 39.0 Å². The second kappa shape index (κ2) is 6.64. The van der Waals surface area contributed by atoms with Crippen LogP contribution in [0.25, 0.3) is 11.1 Å². The lowest BCUT2D eigenvalue weighted by molar-refractivity contribution is 0.0477. The highest BCUT2D eigenvalue weighted by Crippen LogP contribution is 2.40. The van der Waals surface area contributed by atoms with Crippen molar-refractivity contribution in [3.05, 3.63) is 44.9 Å². The average Bonchev–Trinajstić information content (AvgIpc) is 3.28. The molecular formula is C19H18N2O4S. The summed E-state index contributed by atoms with van der Waals surface area (Å²) in [6.45, 7) is 3.51. The number of thiophene rings is 1. The molecule has 0 unspecified atom stereocenters. The van der Waals surface area contributed by atoms with Crippen LogP contribution in [0.15, 0.2) is 22.7 Å². The number of hydrogen-bond acceptors (Lipinski definition) is 7. The largest absolute Gasteiger partial charge is 0.454 e. The predicted molar refractivity (Wildman–Crippen MR) is 96.8 cm³/mol. The number of esters is 1. The minimum atomic E-state index is -0.550. The van der Waals surface area contributed by atoms with Crippen LogP contribution in [0.4, 0.5) is 0 Å². The molecule has 6 nitrogen and oxygen atoms in total. The number of rotatable bonds is 6. The first-order valence-electron chi connectivity index (χ1n) is 8.62. The van der Waals surface area contributed by atoms with E-state index in [4.69, 9.17) is 9.26 Å². The second-order valence-corrected chi connectivity index (χ2v) is 7.60. The van der Waals surface area contributed by atoms with Gasteiger partial charge in [-0.05, 0) is 44.4 Å². The molecule has 0 N–H and O–H groups in total. The van der Waals surface area contributed by atoms with Gasteiger partial charge in [0, 0.05) is 16.5 Å². The predicted octanol–water partition coefficient (Wildman–Crippen LogP) is 4.07. The molecule has 0 saturated heterocycles. The Morgan fingerprint density at radius 2 is 2.15 bits per heavy atom. The van der Waals surface area contributed by atoms with Crippen LogP contribution >= 0.6 is 11.3 Å². The SMILES string of the molecule is CCc1ccc(C(=O)COC(=O)c2cc(C3CC3)nc3onc(C)c23)s1. The number of hydrogen-bond donors (Lipinski definition) is 0. The number of aromatic nitrogens is 2. The highest BCUT2D eigenvalue weighted by molar-refractivity contribution is 7.14. The summed E-state index contributed by atoms with van der Waals surface area (Å²) in [6, 6.07) is 5.45. The van der Waals surface area contributed by atoms with Crippen LogP contribution in [0.1, 0.15) is 62.0 Å². The molecule has 7 heteroatoms. The first-order valence-corrected chi connectivity index (χ1v) is 9.44. The molecule has 0 radical (unpaired) electrons. The van der Waals surface area contributed by atoms with E-state index in [1.165, 1.54) is 11.3 Å². The van der Waals surface area contributed by atoms with Crippen LogP contribution in [0, 0.1) is 6.92 Å². The second-order valence-electron chi connectivity index (χ2n) is 6.44. The van der Waals surface area contributed by atoms with E-state index >= 15 is 0 Å². The third kappa shape index (κ3) is 3.14. The molecular weight excluding hydrogens is 352 g/mol. The lowest BCUT2D eigenvalue weighted by atomic mass is 10.1. The molecule has 1 fully saturated rings. The number of pyridine rings is 1. The zero-order valence-corrected chi connectivity index (χ0v) is 15.4. The fourth-order valence-electron chi connectivity index (χ4n) is 2.86. The first-order chi connectivity index (χ1) is 12.6. The lowest BCUT2D eigenvalue weighted by Gasteiger charge is -2.06. The van der Waals surface area contributed by atoms with Crippen LogP contribution in [-0.2, 0) is 11.2 Å². The fourth-order valence-corrected chi connectivity index (χ4v) is 3.73. The molecule has 4 rings (SSSR count). The summed E-state index contributed by atoms with van der Waals surface area (Å²) in [4.78, 5) is 31.1. The Bertz CT molecular complexity index is 1000.